The van der Waals surface area contributed by atoms with Crippen LogP contribution in [0.2, 0.25) is 0 Å². The summed E-state index contributed by atoms with van der Waals surface area (Å²) in [5, 5.41) is 16.2. The van der Waals surface area contributed by atoms with Crippen molar-refractivity contribution in [3.63, 3.8) is 0 Å². The number of aliphatic carboxylic acids is 1. The van der Waals surface area contributed by atoms with Gasteiger partial charge in [0, 0.05) is 18.7 Å². The molecule has 23 heavy (non-hydrogen) atoms. The Hall–Kier alpha value is -2.05. The van der Waals surface area contributed by atoms with Crippen LogP contribution in [0.3, 0.4) is 0 Å². The molecule has 2 rings (SSSR count). The molecule has 7 heteroatoms. The van der Waals surface area contributed by atoms with Crippen LogP contribution in [0.1, 0.15) is 49.7 Å². The second kappa shape index (κ2) is 7.02. The van der Waals surface area contributed by atoms with Crippen molar-refractivity contribution in [2.75, 3.05) is 13.1 Å². The fourth-order valence-electron chi connectivity index (χ4n) is 3.30. The van der Waals surface area contributed by atoms with Crippen LogP contribution >= 0.6 is 0 Å². The van der Waals surface area contributed by atoms with E-state index in [2.05, 4.69) is 10.5 Å². The van der Waals surface area contributed by atoms with Gasteiger partial charge in [-0.1, -0.05) is 19.0 Å². The number of aromatic nitrogens is 1. The Labute approximate surface area is 136 Å². The fraction of sp³-hybridized carbons (Fsp3) is 0.688. The normalized spacial score (nSPS) is 22.7. The summed E-state index contributed by atoms with van der Waals surface area (Å²) in [6.45, 7) is 8.46. The first-order valence-corrected chi connectivity index (χ1v) is 8.04. The van der Waals surface area contributed by atoms with E-state index >= 15 is 0 Å². The van der Waals surface area contributed by atoms with E-state index in [0.717, 1.165) is 11.3 Å². The maximum Gasteiger partial charge on any atom is 0.317 e. The largest absolute Gasteiger partial charge is 0.481 e. The molecule has 1 saturated heterocycles. The number of hydrogen-bond acceptors (Lipinski definition) is 4. The quantitative estimate of drug-likeness (QED) is 0.887. The number of carbonyl (C=O) groups excluding carboxylic acids is 1. The van der Waals surface area contributed by atoms with Crippen LogP contribution in [0, 0.1) is 25.7 Å². The van der Waals surface area contributed by atoms with Gasteiger partial charge in [-0.05, 0) is 32.6 Å². The lowest BCUT2D eigenvalue weighted by atomic mass is 9.91. The number of aryl methyl sites for hydroxylation is 2. The number of hydrogen-bond donors (Lipinski definition) is 2. The van der Waals surface area contributed by atoms with Crippen molar-refractivity contribution in [3.05, 3.63) is 17.0 Å². The number of carboxylic acids is 1. The Morgan fingerprint density at radius 1 is 1.43 bits per heavy atom. The van der Waals surface area contributed by atoms with Crippen molar-refractivity contribution in [3.8, 4) is 0 Å². The van der Waals surface area contributed by atoms with E-state index in [9.17, 15) is 14.7 Å². The minimum absolute atomic E-state index is 0.176. The van der Waals surface area contributed by atoms with Crippen molar-refractivity contribution < 1.29 is 19.2 Å². The fourth-order valence-corrected chi connectivity index (χ4v) is 3.30. The number of likely N-dealkylation sites (tertiary alicyclic amines) is 1. The minimum Gasteiger partial charge on any atom is -0.481 e. The second-order valence-electron chi connectivity index (χ2n) is 6.43. The average Bonchev–Trinajstić information content (AvgIpc) is 2.83. The lowest BCUT2D eigenvalue weighted by Gasteiger charge is -2.35. The van der Waals surface area contributed by atoms with Crippen molar-refractivity contribution in [1.82, 2.24) is 15.4 Å². The zero-order valence-electron chi connectivity index (χ0n) is 14.1. The van der Waals surface area contributed by atoms with Gasteiger partial charge in [0.2, 0.25) is 0 Å². The average molecular weight is 323 g/mol. The standard InChI is InChI=1S/C16H25N3O4/c1-5-13(14-10(3)18-23-11(14)4)17-16(22)19-7-9(2)6-12(8-19)15(20)21/h9,12-13H,5-8H2,1-4H3,(H,17,22)(H,20,21). The van der Waals surface area contributed by atoms with Crippen LogP contribution in [-0.2, 0) is 4.79 Å². The van der Waals surface area contributed by atoms with Gasteiger partial charge in [-0.2, -0.15) is 0 Å². The van der Waals surface area contributed by atoms with E-state index in [0.29, 0.717) is 25.1 Å². The van der Waals surface area contributed by atoms with Crippen molar-refractivity contribution in [1.29, 1.82) is 0 Å². The summed E-state index contributed by atoms with van der Waals surface area (Å²) in [6, 6.07) is -0.413. The summed E-state index contributed by atoms with van der Waals surface area (Å²) < 4.78 is 5.18. The summed E-state index contributed by atoms with van der Waals surface area (Å²) >= 11 is 0. The first-order chi connectivity index (χ1) is 10.8. The summed E-state index contributed by atoms with van der Waals surface area (Å²) in [5.74, 6) is -0.462. The maximum absolute atomic E-state index is 12.6. The van der Waals surface area contributed by atoms with E-state index in [1.54, 1.807) is 4.90 Å². The molecule has 0 bridgehead atoms. The zero-order chi connectivity index (χ0) is 17.1. The van der Waals surface area contributed by atoms with Crippen LogP contribution < -0.4 is 5.32 Å². The third-order valence-corrected chi connectivity index (χ3v) is 4.44. The van der Waals surface area contributed by atoms with Gasteiger partial charge >= 0.3 is 12.0 Å². The Bertz CT molecular complexity index is 564. The van der Waals surface area contributed by atoms with Gasteiger partial charge in [-0.15, -0.1) is 0 Å². The monoisotopic (exact) mass is 323 g/mol. The first kappa shape index (κ1) is 17.3. The number of rotatable bonds is 4. The third-order valence-electron chi connectivity index (χ3n) is 4.44. The van der Waals surface area contributed by atoms with Gasteiger partial charge < -0.3 is 19.8 Å². The van der Waals surface area contributed by atoms with E-state index < -0.39 is 11.9 Å². The highest BCUT2D eigenvalue weighted by molar-refractivity contribution is 5.77. The number of urea groups is 1. The molecule has 0 radical (unpaired) electrons. The van der Waals surface area contributed by atoms with E-state index in [-0.39, 0.29) is 24.5 Å². The van der Waals surface area contributed by atoms with Gasteiger partial charge in [0.25, 0.3) is 0 Å². The molecule has 1 aromatic rings. The van der Waals surface area contributed by atoms with E-state index in [4.69, 9.17) is 4.52 Å². The van der Waals surface area contributed by atoms with Gasteiger partial charge in [-0.3, -0.25) is 4.79 Å². The van der Waals surface area contributed by atoms with Crippen LogP contribution in [0.25, 0.3) is 0 Å². The topological polar surface area (TPSA) is 95.7 Å². The van der Waals surface area contributed by atoms with Crippen molar-refractivity contribution >= 4 is 12.0 Å². The number of nitrogens with one attached hydrogen (secondary N) is 1. The van der Waals surface area contributed by atoms with Crippen LogP contribution in [0.4, 0.5) is 4.79 Å². The molecule has 1 aliphatic heterocycles. The van der Waals surface area contributed by atoms with Gasteiger partial charge in [0.15, 0.2) is 0 Å². The molecule has 1 aliphatic rings. The summed E-state index contributed by atoms with van der Waals surface area (Å²) in [4.78, 5) is 25.4. The van der Waals surface area contributed by atoms with Crippen LogP contribution in [0.15, 0.2) is 4.52 Å². The van der Waals surface area contributed by atoms with Gasteiger partial charge in [-0.25, -0.2) is 4.79 Å². The molecule has 1 aromatic heterocycles. The molecule has 3 unspecified atom stereocenters. The summed E-state index contributed by atoms with van der Waals surface area (Å²) in [5.41, 5.74) is 1.67. The highest BCUT2D eigenvalue weighted by Crippen LogP contribution is 2.26. The molecule has 0 aliphatic carbocycles. The maximum atomic E-state index is 12.6. The summed E-state index contributed by atoms with van der Waals surface area (Å²) in [7, 11) is 0. The molecule has 0 saturated carbocycles. The molecular weight excluding hydrogens is 298 g/mol. The number of nitrogens with zero attached hydrogens (tertiary/aromatic N) is 2. The SMILES string of the molecule is CCC(NC(=O)N1CC(C)CC(C(=O)O)C1)c1c(C)noc1C. The smallest absolute Gasteiger partial charge is 0.317 e. The van der Waals surface area contributed by atoms with Crippen molar-refractivity contribution in [2.24, 2.45) is 11.8 Å². The molecule has 1 fully saturated rings. The Morgan fingerprint density at radius 3 is 2.65 bits per heavy atom. The predicted octanol–water partition coefficient (Wildman–Crippen LogP) is 2.49. The number of carbonyl (C=O) groups is 2. The molecule has 7 nitrogen and oxygen atoms in total. The van der Waals surface area contributed by atoms with E-state index in [1.807, 2.05) is 27.7 Å². The number of amides is 2. The van der Waals surface area contributed by atoms with Crippen LogP contribution in [-0.4, -0.2) is 40.3 Å². The molecule has 3 atom stereocenters. The van der Waals surface area contributed by atoms with E-state index in [1.165, 1.54) is 0 Å². The lowest BCUT2D eigenvalue weighted by molar-refractivity contribution is -0.143. The van der Waals surface area contributed by atoms with Crippen molar-refractivity contribution in [2.45, 2.75) is 46.6 Å². The molecule has 0 aromatic carbocycles. The van der Waals surface area contributed by atoms with Gasteiger partial charge in [0.05, 0.1) is 17.7 Å². The number of carboxylic acid groups (broad SMARTS) is 1. The summed E-state index contributed by atoms with van der Waals surface area (Å²) in [6.07, 6.45) is 1.32. The zero-order valence-corrected chi connectivity index (χ0v) is 14.1. The molecule has 2 N–H and O–H groups in total. The Balaban J connectivity index is 2.09. The highest BCUT2D eigenvalue weighted by Gasteiger charge is 2.33. The molecule has 2 heterocycles. The first-order valence-electron chi connectivity index (χ1n) is 8.04. The highest BCUT2D eigenvalue weighted by atomic mass is 16.5. The Morgan fingerprint density at radius 2 is 2.13 bits per heavy atom. The van der Waals surface area contributed by atoms with Crippen LogP contribution in [0.5, 0.6) is 0 Å². The predicted molar refractivity (Wildman–Crippen MR) is 84.0 cm³/mol. The molecule has 2 amide bonds. The minimum atomic E-state index is -0.841. The third kappa shape index (κ3) is 3.83. The van der Waals surface area contributed by atoms with Gasteiger partial charge in [0.1, 0.15) is 5.76 Å². The lowest BCUT2D eigenvalue weighted by Crippen LogP contribution is -2.50. The number of piperidine rings is 1. The molecule has 128 valence electrons. The Kier molecular flexibility index (Phi) is 5.28. The molecular formula is C16H25N3O4. The molecule has 0 spiro atoms. The second-order valence-corrected chi connectivity index (χ2v) is 6.43.